The van der Waals surface area contributed by atoms with E-state index in [-0.39, 0.29) is 99.5 Å². The van der Waals surface area contributed by atoms with E-state index in [0.717, 1.165) is 0 Å². The molecule has 0 rings (SSSR count). The minimum atomic E-state index is 0. The Balaban J connectivity index is 0. The fourth-order valence-corrected chi connectivity index (χ4v) is 0. The zero-order valence-corrected chi connectivity index (χ0v) is 13.5. The molecule has 5 heavy (non-hydrogen) atoms. The molecule has 10 radical (unpaired) electrons. The van der Waals surface area contributed by atoms with Crippen molar-refractivity contribution in [2.75, 3.05) is 0 Å². The van der Waals surface area contributed by atoms with Crippen LogP contribution in [0, 0.1) is 0 Å². The van der Waals surface area contributed by atoms with Crippen molar-refractivity contribution in [3.05, 3.63) is 0 Å². The Kier molecular flexibility index (Phi) is 226. The van der Waals surface area contributed by atoms with Gasteiger partial charge in [0.25, 0.3) is 0 Å². The summed E-state index contributed by atoms with van der Waals surface area (Å²) in [6, 6.07) is 0. The predicted molar refractivity (Wildman–Crippen MR) is 17.3 cm³/mol. The van der Waals surface area contributed by atoms with E-state index < -0.39 is 0 Å². The normalized spacial score (nSPS) is 0. The molecule has 0 spiro atoms. The van der Waals surface area contributed by atoms with Crippen LogP contribution >= 0.6 is 0 Å². The van der Waals surface area contributed by atoms with Gasteiger partial charge in [-0.1, -0.05) is 0 Å². The molecular formula is AlCuGaInZn. The molecule has 0 aromatic carbocycles. The summed E-state index contributed by atoms with van der Waals surface area (Å²) < 4.78 is 0. The van der Waals surface area contributed by atoms with E-state index in [4.69, 9.17) is 0 Å². The Hall–Kier alpha value is 3.18. The first-order chi connectivity index (χ1) is 0. The first kappa shape index (κ1) is 41.7. The molecule has 0 aromatic rings. The van der Waals surface area contributed by atoms with Crippen molar-refractivity contribution in [2.45, 2.75) is 0 Å². The van der Waals surface area contributed by atoms with Crippen molar-refractivity contribution in [2.24, 2.45) is 0 Å². The van der Waals surface area contributed by atoms with Gasteiger partial charge in [-0.3, -0.25) is 0 Å². The maximum Gasteiger partial charge on any atom is 0 e. The molecule has 0 N–H and O–H groups in total. The molecule has 0 nitrogen and oxygen atoms in total. The van der Waals surface area contributed by atoms with Crippen LogP contribution in [0.2, 0.25) is 0 Å². The Morgan fingerprint density at radius 2 is 1.00 bits per heavy atom. The van der Waals surface area contributed by atoms with Gasteiger partial charge in [0.2, 0.25) is 0 Å². The van der Waals surface area contributed by atoms with Gasteiger partial charge in [0.15, 0.2) is 0 Å². The fourth-order valence-electron chi connectivity index (χ4n) is 0. The molecule has 0 aliphatic heterocycles. The van der Waals surface area contributed by atoms with Crippen LogP contribution in [-0.2, 0) is 36.5 Å². The van der Waals surface area contributed by atoms with E-state index in [9.17, 15) is 0 Å². The first-order valence-corrected chi connectivity index (χ1v) is 0. The largest absolute Gasteiger partial charge is 0 e. The summed E-state index contributed by atoms with van der Waals surface area (Å²) in [5, 5.41) is 0. The number of rotatable bonds is 0. The van der Waals surface area contributed by atoms with E-state index in [1.165, 1.54) is 0 Å². The topological polar surface area (TPSA) is 0 Å². The standard InChI is InChI=1S/Al.Cu.Ga.In.Zn. The average Bonchev–Trinajstić information content (AvgIpc) is 0. The second-order valence-electron chi connectivity index (χ2n) is 0. The fraction of sp³-hybridized carbons (Fsp3) is 0. The molecule has 0 aliphatic rings. The van der Waals surface area contributed by atoms with Gasteiger partial charge >= 0.3 is 0 Å². The minimum absolute atomic E-state index is 0. The summed E-state index contributed by atoms with van der Waals surface area (Å²) in [5.74, 6) is 0. The van der Waals surface area contributed by atoms with Crippen molar-refractivity contribution in [3.8, 4) is 0 Å². The SMILES string of the molecule is [Al].[Cu].[Ga].[In].[Zn]. The van der Waals surface area contributed by atoms with Gasteiger partial charge in [-0.2, -0.15) is 0 Å². The Labute approximate surface area is 97.8 Å². The van der Waals surface area contributed by atoms with E-state index in [2.05, 4.69) is 0 Å². The van der Waals surface area contributed by atoms with Gasteiger partial charge in [0.05, 0.1) is 0 Å². The molecule has 22 valence electrons. The molecule has 0 amide bonds. The first-order valence-electron chi connectivity index (χ1n) is 0. The Morgan fingerprint density at radius 3 is 1.00 bits per heavy atom. The van der Waals surface area contributed by atoms with E-state index in [1.807, 2.05) is 0 Å². The summed E-state index contributed by atoms with van der Waals surface area (Å²) >= 11 is 0. The molecule has 0 saturated carbocycles. The van der Waals surface area contributed by atoms with Crippen molar-refractivity contribution < 1.29 is 36.5 Å². The zero-order chi connectivity index (χ0) is 0. The van der Waals surface area contributed by atoms with Crippen molar-refractivity contribution >= 4 is 63.0 Å². The zero-order valence-electron chi connectivity index (χ0n) is 2.74. The maximum atomic E-state index is 0. The molecule has 0 aromatic heterocycles. The quantitative estimate of drug-likeness (QED) is 0.489. The number of hydrogen-bond donors (Lipinski definition) is 0. The van der Waals surface area contributed by atoms with Gasteiger partial charge < -0.3 is 0 Å². The molecule has 0 aliphatic carbocycles. The molecule has 5 heteroatoms. The van der Waals surface area contributed by atoms with Crippen LogP contribution in [0.15, 0.2) is 0 Å². The molecule has 0 bridgehead atoms. The molecule has 0 unspecified atom stereocenters. The Bertz CT molecular complexity index is 11.6. The van der Waals surface area contributed by atoms with Crippen molar-refractivity contribution in [1.82, 2.24) is 0 Å². The van der Waals surface area contributed by atoms with Crippen LogP contribution in [0.3, 0.4) is 0 Å². The van der Waals surface area contributed by atoms with Crippen molar-refractivity contribution in [3.63, 3.8) is 0 Å². The third kappa shape index (κ3) is 19.0. The summed E-state index contributed by atoms with van der Waals surface area (Å²) in [4.78, 5) is 0. The smallest absolute Gasteiger partial charge is 0 e. The summed E-state index contributed by atoms with van der Waals surface area (Å²) in [7, 11) is 0. The number of hydrogen-bond acceptors (Lipinski definition) is 0. The molecule has 0 saturated heterocycles. The van der Waals surface area contributed by atoms with Crippen LogP contribution in [0.5, 0.6) is 0 Å². The molecule has 0 heterocycles. The van der Waals surface area contributed by atoms with Crippen molar-refractivity contribution in [1.29, 1.82) is 0 Å². The van der Waals surface area contributed by atoms with Crippen LogP contribution in [0.25, 0.3) is 0 Å². The second kappa shape index (κ2) is 27.1. The minimum Gasteiger partial charge on any atom is 0 e. The van der Waals surface area contributed by atoms with Crippen LogP contribution in [0.1, 0.15) is 0 Å². The van der Waals surface area contributed by atoms with Gasteiger partial charge in [0, 0.05) is 99.5 Å². The maximum absolute atomic E-state index is 0. The molecule has 0 fully saturated rings. The third-order valence-electron chi connectivity index (χ3n) is 0. The molecule has 0 atom stereocenters. The van der Waals surface area contributed by atoms with E-state index in [0.29, 0.717) is 0 Å². The van der Waals surface area contributed by atoms with E-state index in [1.54, 1.807) is 0 Å². The third-order valence-corrected chi connectivity index (χ3v) is 0. The summed E-state index contributed by atoms with van der Waals surface area (Å²) in [6.07, 6.45) is 0. The second-order valence-corrected chi connectivity index (χ2v) is 0. The monoisotopic (exact) mass is 338 g/mol. The summed E-state index contributed by atoms with van der Waals surface area (Å²) in [6.45, 7) is 0. The van der Waals surface area contributed by atoms with Gasteiger partial charge in [-0.25, -0.2) is 0 Å². The average molecular weight is 340 g/mol. The summed E-state index contributed by atoms with van der Waals surface area (Å²) in [5.41, 5.74) is 0. The Morgan fingerprint density at radius 1 is 1.00 bits per heavy atom. The van der Waals surface area contributed by atoms with Gasteiger partial charge in [0.1, 0.15) is 0 Å². The van der Waals surface area contributed by atoms with Crippen LogP contribution in [0.4, 0.5) is 0 Å². The van der Waals surface area contributed by atoms with Crippen LogP contribution in [-0.4, -0.2) is 63.0 Å². The van der Waals surface area contributed by atoms with Gasteiger partial charge in [-0.15, -0.1) is 0 Å². The van der Waals surface area contributed by atoms with Crippen LogP contribution < -0.4 is 0 Å². The molecular weight excluding hydrogens is 340 g/mol. The van der Waals surface area contributed by atoms with Gasteiger partial charge in [-0.05, 0) is 0 Å². The predicted octanol–water partition coefficient (Wildman–Crippen LogP) is -1.15. The van der Waals surface area contributed by atoms with E-state index >= 15 is 0 Å².